The Balaban J connectivity index is 1.98. The minimum atomic E-state index is -0.927. The maximum Gasteiger partial charge on any atom is 0.300 e. The van der Waals surface area contributed by atoms with Crippen LogP contribution in [0.4, 0.5) is 5.69 Å². The molecular weight excluding hydrogens is 490 g/mol. The summed E-state index contributed by atoms with van der Waals surface area (Å²) in [6, 6.07) is 16.7. The highest BCUT2D eigenvalue weighted by Crippen LogP contribution is 2.45. The quantitative estimate of drug-likeness (QED) is 0.211. The molecule has 0 radical (unpaired) electrons. The summed E-state index contributed by atoms with van der Waals surface area (Å²) < 4.78 is 11.3. The predicted molar refractivity (Wildman–Crippen MR) is 146 cm³/mol. The van der Waals surface area contributed by atoms with Gasteiger partial charge in [-0.15, -0.1) is 0 Å². The van der Waals surface area contributed by atoms with Crippen molar-refractivity contribution in [3.8, 4) is 11.5 Å². The number of hydrogen-bond acceptors (Lipinski definition) is 5. The summed E-state index contributed by atoms with van der Waals surface area (Å²) >= 11 is 6.39. The third-order valence-corrected chi connectivity index (χ3v) is 6.92. The smallest absolute Gasteiger partial charge is 0.300 e. The van der Waals surface area contributed by atoms with E-state index in [0.717, 1.165) is 11.1 Å². The van der Waals surface area contributed by atoms with Crippen LogP contribution in [-0.2, 0) is 9.59 Å². The maximum absolute atomic E-state index is 13.5. The van der Waals surface area contributed by atoms with Gasteiger partial charge in [0.2, 0.25) is 0 Å². The van der Waals surface area contributed by atoms with Crippen LogP contribution in [0.3, 0.4) is 0 Å². The first kappa shape index (κ1) is 26.3. The Morgan fingerprint density at radius 2 is 1.78 bits per heavy atom. The summed E-state index contributed by atoms with van der Waals surface area (Å²) in [5.41, 5.74) is 3.14. The molecule has 0 saturated carbocycles. The van der Waals surface area contributed by atoms with E-state index in [1.807, 2.05) is 27.7 Å². The summed E-state index contributed by atoms with van der Waals surface area (Å²) in [4.78, 5) is 28.4. The molecule has 3 aromatic rings. The van der Waals surface area contributed by atoms with E-state index < -0.39 is 17.7 Å². The second-order valence-corrected chi connectivity index (χ2v) is 9.59. The fourth-order valence-electron chi connectivity index (χ4n) is 4.61. The molecule has 1 N–H and O–H groups in total. The fraction of sp³-hybridized carbons (Fsp3) is 0.267. The highest BCUT2D eigenvalue weighted by Gasteiger charge is 2.48. The summed E-state index contributed by atoms with van der Waals surface area (Å²) in [6.45, 7) is 8.32. The van der Waals surface area contributed by atoms with Crippen molar-refractivity contribution >= 4 is 34.7 Å². The molecule has 0 spiro atoms. The SMILES string of the molecule is CCOc1ccc(/C(O)=C2\C(=O)C(=O)N(c3ccc(C)c(Cl)c3)C2c2ccccc2OC)cc1C(C)C. The van der Waals surface area contributed by atoms with Gasteiger partial charge in [0.1, 0.15) is 17.3 Å². The normalized spacial score (nSPS) is 16.9. The molecule has 1 unspecified atom stereocenters. The van der Waals surface area contributed by atoms with Crippen molar-refractivity contribution in [1.82, 2.24) is 0 Å². The van der Waals surface area contributed by atoms with E-state index in [2.05, 4.69) is 0 Å². The first-order valence-corrected chi connectivity index (χ1v) is 12.5. The van der Waals surface area contributed by atoms with Crippen LogP contribution in [0.15, 0.2) is 66.2 Å². The number of para-hydroxylation sites is 1. The molecule has 1 saturated heterocycles. The molecule has 0 bridgehead atoms. The third-order valence-electron chi connectivity index (χ3n) is 6.52. The van der Waals surface area contributed by atoms with E-state index in [4.69, 9.17) is 21.1 Å². The Hall–Kier alpha value is -3.77. The lowest BCUT2D eigenvalue weighted by atomic mass is 9.92. The number of halogens is 1. The average molecular weight is 520 g/mol. The number of aliphatic hydroxyl groups excluding tert-OH is 1. The molecule has 4 rings (SSSR count). The number of ether oxygens (including phenoxy) is 2. The zero-order chi connectivity index (χ0) is 26.9. The van der Waals surface area contributed by atoms with E-state index in [1.165, 1.54) is 12.0 Å². The van der Waals surface area contributed by atoms with E-state index >= 15 is 0 Å². The van der Waals surface area contributed by atoms with Crippen molar-refractivity contribution in [1.29, 1.82) is 0 Å². The number of aliphatic hydroxyl groups is 1. The number of nitrogens with zero attached hydrogens (tertiary/aromatic N) is 1. The van der Waals surface area contributed by atoms with Crippen LogP contribution in [-0.4, -0.2) is 30.5 Å². The molecule has 0 aromatic heterocycles. The van der Waals surface area contributed by atoms with Gasteiger partial charge >= 0.3 is 0 Å². The van der Waals surface area contributed by atoms with Crippen LogP contribution in [0.5, 0.6) is 11.5 Å². The number of aryl methyl sites for hydroxylation is 1. The first-order valence-electron chi connectivity index (χ1n) is 12.2. The standard InChI is InChI=1S/C30H30ClNO5/c1-6-37-25-14-12-19(15-22(25)17(2)3)28(33)26-27(21-9-7-8-10-24(21)36-5)32(30(35)29(26)34)20-13-11-18(4)23(31)16-20/h7-17,27,33H,6H2,1-5H3/b28-26+. The van der Waals surface area contributed by atoms with Gasteiger partial charge in [-0.3, -0.25) is 14.5 Å². The summed E-state index contributed by atoms with van der Waals surface area (Å²) in [7, 11) is 1.52. The topological polar surface area (TPSA) is 76.1 Å². The molecule has 1 atom stereocenters. The molecule has 192 valence electrons. The highest BCUT2D eigenvalue weighted by molar-refractivity contribution is 6.52. The zero-order valence-electron chi connectivity index (χ0n) is 21.5. The van der Waals surface area contributed by atoms with Gasteiger partial charge in [0, 0.05) is 21.8 Å². The molecule has 1 heterocycles. The molecule has 7 heteroatoms. The van der Waals surface area contributed by atoms with Gasteiger partial charge in [0.05, 0.1) is 25.3 Å². The van der Waals surface area contributed by atoms with Gasteiger partial charge in [-0.1, -0.05) is 49.7 Å². The lowest BCUT2D eigenvalue weighted by Crippen LogP contribution is -2.29. The van der Waals surface area contributed by atoms with Gasteiger partial charge in [-0.2, -0.15) is 0 Å². The van der Waals surface area contributed by atoms with Crippen molar-refractivity contribution in [2.75, 3.05) is 18.6 Å². The van der Waals surface area contributed by atoms with Crippen LogP contribution in [0.1, 0.15) is 55.0 Å². The minimum absolute atomic E-state index is 0.0231. The average Bonchev–Trinajstić information content (AvgIpc) is 3.15. The van der Waals surface area contributed by atoms with Crippen LogP contribution in [0.2, 0.25) is 5.02 Å². The Labute approximate surface area is 222 Å². The van der Waals surface area contributed by atoms with E-state index in [-0.39, 0.29) is 17.3 Å². The van der Waals surface area contributed by atoms with Gasteiger partial charge in [-0.25, -0.2) is 0 Å². The van der Waals surface area contributed by atoms with Crippen LogP contribution >= 0.6 is 11.6 Å². The number of carbonyl (C=O) groups is 2. The lowest BCUT2D eigenvalue weighted by Gasteiger charge is -2.27. The van der Waals surface area contributed by atoms with Crippen molar-refractivity contribution in [3.63, 3.8) is 0 Å². The van der Waals surface area contributed by atoms with Gasteiger partial charge in [0.15, 0.2) is 0 Å². The second kappa shape index (κ2) is 10.7. The largest absolute Gasteiger partial charge is 0.507 e. The number of methoxy groups -OCH3 is 1. The van der Waals surface area contributed by atoms with Gasteiger partial charge in [0.25, 0.3) is 11.7 Å². The Morgan fingerprint density at radius 3 is 2.43 bits per heavy atom. The molecule has 1 aliphatic heterocycles. The molecule has 1 amide bonds. The van der Waals surface area contributed by atoms with Crippen LogP contribution in [0.25, 0.3) is 5.76 Å². The Bertz CT molecular complexity index is 1390. The third kappa shape index (κ3) is 4.81. The van der Waals surface area contributed by atoms with Gasteiger partial charge in [-0.05, 0) is 67.3 Å². The first-order chi connectivity index (χ1) is 17.7. The molecule has 0 aliphatic carbocycles. The molecule has 6 nitrogen and oxygen atoms in total. The Kier molecular flexibility index (Phi) is 7.60. The Morgan fingerprint density at radius 1 is 1.05 bits per heavy atom. The van der Waals surface area contributed by atoms with Gasteiger partial charge < -0.3 is 14.6 Å². The highest BCUT2D eigenvalue weighted by atomic mass is 35.5. The van der Waals surface area contributed by atoms with Crippen molar-refractivity contribution in [3.05, 3.63) is 93.5 Å². The number of anilines is 1. The number of hydrogen-bond donors (Lipinski definition) is 1. The minimum Gasteiger partial charge on any atom is -0.507 e. The lowest BCUT2D eigenvalue weighted by molar-refractivity contribution is -0.132. The number of ketones is 1. The van der Waals surface area contributed by atoms with Crippen LogP contribution in [0, 0.1) is 6.92 Å². The zero-order valence-corrected chi connectivity index (χ0v) is 22.3. The molecule has 3 aromatic carbocycles. The van der Waals surface area contributed by atoms with Crippen molar-refractivity contribution in [2.45, 2.75) is 39.7 Å². The van der Waals surface area contributed by atoms with E-state index in [9.17, 15) is 14.7 Å². The van der Waals surface area contributed by atoms with E-state index in [0.29, 0.717) is 39.9 Å². The molecule has 1 aliphatic rings. The van der Waals surface area contributed by atoms with Crippen LogP contribution < -0.4 is 14.4 Å². The number of amides is 1. The molecule has 1 fully saturated rings. The fourth-order valence-corrected chi connectivity index (χ4v) is 4.78. The number of rotatable bonds is 7. The predicted octanol–water partition coefficient (Wildman–Crippen LogP) is 6.81. The summed E-state index contributed by atoms with van der Waals surface area (Å²) in [6.07, 6.45) is 0. The summed E-state index contributed by atoms with van der Waals surface area (Å²) in [5.74, 6) is -0.503. The van der Waals surface area contributed by atoms with Crippen molar-refractivity contribution in [2.24, 2.45) is 0 Å². The second-order valence-electron chi connectivity index (χ2n) is 9.18. The monoisotopic (exact) mass is 519 g/mol. The molecular formula is C30H30ClNO5. The number of carbonyl (C=O) groups excluding carboxylic acids is 2. The van der Waals surface area contributed by atoms with E-state index in [1.54, 1.807) is 60.7 Å². The summed E-state index contributed by atoms with van der Waals surface area (Å²) in [5, 5.41) is 12.0. The number of Topliss-reactive ketones (excluding diaryl/α,β-unsaturated/α-hetero) is 1. The van der Waals surface area contributed by atoms with Crippen molar-refractivity contribution < 1.29 is 24.2 Å². The number of benzene rings is 3. The molecule has 37 heavy (non-hydrogen) atoms. The maximum atomic E-state index is 13.5.